The van der Waals surface area contributed by atoms with Crippen LogP contribution in [0.15, 0.2) is 30.3 Å². The molecular weight excluding hydrogens is 204 g/mol. The average molecular weight is 213 g/mol. The first-order chi connectivity index (χ1) is 6.43. The van der Waals surface area contributed by atoms with Gasteiger partial charge in [-0.15, -0.1) is 0 Å². The van der Waals surface area contributed by atoms with Crippen LogP contribution >= 0.6 is 0 Å². The predicted octanol–water partition coefficient (Wildman–Crippen LogP) is 1.08. The van der Waals surface area contributed by atoms with Gasteiger partial charge in [0.2, 0.25) is 0 Å². The molecule has 1 radical (unpaired) electrons. The van der Waals surface area contributed by atoms with Crippen molar-refractivity contribution in [2.45, 2.75) is 12.2 Å². The standard InChI is InChI=1S/C9H9O4S/c1-7(10)9(14(11,12)13)8-5-3-2-4-6-8/h2-6,9H,1H3. The monoisotopic (exact) mass is 213 g/mol. The molecule has 0 saturated heterocycles. The average Bonchev–Trinajstić information content (AvgIpc) is 2.02. The molecular formula is C9H9O4S. The Morgan fingerprint density at radius 1 is 1.21 bits per heavy atom. The van der Waals surface area contributed by atoms with E-state index in [1.54, 1.807) is 18.2 Å². The van der Waals surface area contributed by atoms with Crippen LogP contribution in [-0.2, 0) is 19.5 Å². The van der Waals surface area contributed by atoms with Crippen molar-refractivity contribution < 1.29 is 17.8 Å². The SMILES string of the molecule is CC(=O)C(c1ccccc1)S([O])(=O)=O. The molecule has 4 nitrogen and oxygen atoms in total. The van der Waals surface area contributed by atoms with E-state index in [2.05, 4.69) is 0 Å². The normalized spacial score (nSPS) is 13.6. The lowest BCUT2D eigenvalue weighted by molar-refractivity contribution is -0.116. The lowest BCUT2D eigenvalue weighted by Gasteiger charge is -2.08. The third-order valence-corrected chi connectivity index (χ3v) is 2.94. The van der Waals surface area contributed by atoms with Gasteiger partial charge in [0.1, 0.15) is 0 Å². The second-order valence-electron chi connectivity index (χ2n) is 2.89. The van der Waals surface area contributed by atoms with E-state index in [1.807, 2.05) is 0 Å². The summed E-state index contributed by atoms with van der Waals surface area (Å²) in [6.07, 6.45) is 0. The van der Waals surface area contributed by atoms with Gasteiger partial charge in [0.15, 0.2) is 11.0 Å². The molecule has 0 heterocycles. The summed E-state index contributed by atoms with van der Waals surface area (Å²) in [5.74, 6) is -0.661. The third kappa shape index (κ3) is 2.40. The summed E-state index contributed by atoms with van der Waals surface area (Å²) >= 11 is 0. The van der Waals surface area contributed by atoms with Crippen LogP contribution in [0.5, 0.6) is 0 Å². The van der Waals surface area contributed by atoms with Crippen LogP contribution < -0.4 is 0 Å². The minimum atomic E-state index is -4.62. The molecule has 0 aliphatic carbocycles. The maximum atomic E-state index is 11.0. The number of Topliss-reactive ketones (excluding diaryl/α,β-unsaturated/α-hetero) is 1. The summed E-state index contributed by atoms with van der Waals surface area (Å²) in [6, 6.07) is 7.73. The molecule has 0 fully saturated rings. The van der Waals surface area contributed by atoms with Crippen molar-refractivity contribution in [3.8, 4) is 0 Å². The first kappa shape index (κ1) is 10.9. The molecule has 0 aliphatic rings. The van der Waals surface area contributed by atoms with Crippen LogP contribution in [0.1, 0.15) is 17.7 Å². The second kappa shape index (κ2) is 3.89. The Balaban J connectivity index is 3.22. The van der Waals surface area contributed by atoms with Gasteiger partial charge in [0.25, 0.3) is 0 Å². The third-order valence-electron chi connectivity index (χ3n) is 1.76. The smallest absolute Gasteiger partial charge is 0.298 e. The van der Waals surface area contributed by atoms with Crippen molar-refractivity contribution in [2.75, 3.05) is 0 Å². The molecule has 1 unspecified atom stereocenters. The van der Waals surface area contributed by atoms with Crippen LogP contribution in [-0.4, -0.2) is 14.2 Å². The summed E-state index contributed by atoms with van der Waals surface area (Å²) in [5, 5.41) is -1.58. The number of ketones is 1. The zero-order valence-corrected chi connectivity index (χ0v) is 8.32. The highest BCUT2D eigenvalue weighted by Crippen LogP contribution is 2.22. The van der Waals surface area contributed by atoms with Crippen molar-refractivity contribution in [1.82, 2.24) is 0 Å². The fourth-order valence-corrected chi connectivity index (χ4v) is 2.13. The Morgan fingerprint density at radius 3 is 2.07 bits per heavy atom. The van der Waals surface area contributed by atoms with E-state index in [4.69, 9.17) is 0 Å². The highest BCUT2D eigenvalue weighted by molar-refractivity contribution is 7.86. The van der Waals surface area contributed by atoms with E-state index in [1.165, 1.54) is 12.1 Å². The molecule has 0 spiro atoms. The molecule has 0 amide bonds. The van der Waals surface area contributed by atoms with Crippen molar-refractivity contribution >= 4 is 15.9 Å². The first-order valence-corrected chi connectivity index (χ1v) is 5.40. The molecule has 0 saturated carbocycles. The quantitative estimate of drug-likeness (QED) is 0.754. The molecule has 75 valence electrons. The maximum absolute atomic E-state index is 11.0. The Labute approximate surface area is 82.3 Å². The number of benzene rings is 1. The highest BCUT2D eigenvalue weighted by atomic mass is 32.2. The van der Waals surface area contributed by atoms with E-state index in [9.17, 15) is 17.8 Å². The van der Waals surface area contributed by atoms with Crippen molar-refractivity contribution in [2.24, 2.45) is 0 Å². The zero-order chi connectivity index (χ0) is 10.8. The number of hydrogen-bond donors (Lipinski definition) is 0. The maximum Gasteiger partial charge on any atom is 0.308 e. The van der Waals surface area contributed by atoms with Gasteiger partial charge in [0.05, 0.1) is 0 Å². The summed E-state index contributed by atoms with van der Waals surface area (Å²) in [5.41, 5.74) is 0.218. The molecule has 0 bridgehead atoms. The van der Waals surface area contributed by atoms with Gasteiger partial charge in [-0.2, -0.15) is 8.42 Å². The van der Waals surface area contributed by atoms with E-state index >= 15 is 0 Å². The first-order valence-electron chi connectivity index (χ1n) is 3.93. The summed E-state index contributed by atoms with van der Waals surface area (Å²) in [6.45, 7) is 1.09. The van der Waals surface area contributed by atoms with Gasteiger partial charge in [-0.3, -0.25) is 4.79 Å². The van der Waals surface area contributed by atoms with E-state index in [0.717, 1.165) is 6.92 Å². The van der Waals surface area contributed by atoms with Gasteiger partial charge < -0.3 is 0 Å². The van der Waals surface area contributed by atoms with Crippen molar-refractivity contribution in [1.29, 1.82) is 0 Å². The predicted molar refractivity (Wildman–Crippen MR) is 49.5 cm³/mol. The molecule has 0 N–H and O–H groups in total. The van der Waals surface area contributed by atoms with Crippen LogP contribution in [0.25, 0.3) is 0 Å². The number of carbonyl (C=O) groups excluding carboxylic acids is 1. The van der Waals surface area contributed by atoms with Crippen LogP contribution in [0.3, 0.4) is 0 Å². The number of carbonyl (C=O) groups is 1. The minimum absolute atomic E-state index is 0.218. The molecule has 1 rings (SSSR count). The molecule has 5 heteroatoms. The van der Waals surface area contributed by atoms with Crippen molar-refractivity contribution in [3.63, 3.8) is 0 Å². The molecule has 1 aromatic rings. The summed E-state index contributed by atoms with van der Waals surface area (Å²) in [4.78, 5) is 11.0. The van der Waals surface area contributed by atoms with Gasteiger partial charge >= 0.3 is 10.1 Å². The lowest BCUT2D eigenvalue weighted by Crippen LogP contribution is -2.18. The van der Waals surface area contributed by atoms with Gasteiger partial charge in [-0.1, -0.05) is 34.9 Å². The molecule has 1 atom stereocenters. The Hall–Kier alpha value is -1.20. The Morgan fingerprint density at radius 2 is 1.71 bits per heavy atom. The molecule has 0 aliphatic heterocycles. The Kier molecular flexibility index (Phi) is 3.03. The lowest BCUT2D eigenvalue weighted by atomic mass is 10.1. The fourth-order valence-electron chi connectivity index (χ4n) is 1.23. The zero-order valence-electron chi connectivity index (χ0n) is 7.51. The van der Waals surface area contributed by atoms with E-state index < -0.39 is 21.2 Å². The number of hydrogen-bond acceptors (Lipinski definition) is 3. The largest absolute Gasteiger partial charge is 0.308 e. The van der Waals surface area contributed by atoms with Crippen LogP contribution in [0.2, 0.25) is 0 Å². The molecule has 14 heavy (non-hydrogen) atoms. The van der Waals surface area contributed by atoms with Gasteiger partial charge in [-0.25, -0.2) is 0 Å². The summed E-state index contributed by atoms with van der Waals surface area (Å²) in [7, 11) is -4.62. The van der Waals surface area contributed by atoms with Gasteiger partial charge in [-0.05, 0) is 12.5 Å². The molecule has 1 aromatic carbocycles. The Bertz CT molecular complexity index is 421. The van der Waals surface area contributed by atoms with Crippen LogP contribution in [0.4, 0.5) is 0 Å². The minimum Gasteiger partial charge on any atom is -0.298 e. The van der Waals surface area contributed by atoms with Crippen molar-refractivity contribution in [3.05, 3.63) is 35.9 Å². The molecule has 0 aromatic heterocycles. The topological polar surface area (TPSA) is 71.1 Å². The number of rotatable bonds is 3. The van der Waals surface area contributed by atoms with E-state index in [-0.39, 0.29) is 5.56 Å². The van der Waals surface area contributed by atoms with E-state index in [0.29, 0.717) is 0 Å². The van der Waals surface area contributed by atoms with Crippen LogP contribution in [0, 0.1) is 0 Å². The highest BCUT2D eigenvalue weighted by Gasteiger charge is 2.30. The fraction of sp³-hybridized carbons (Fsp3) is 0.222. The van der Waals surface area contributed by atoms with Gasteiger partial charge in [0, 0.05) is 0 Å². The second-order valence-corrected chi connectivity index (χ2v) is 4.35. The summed E-state index contributed by atoms with van der Waals surface area (Å²) < 4.78 is 32.4.